The molecule has 0 unspecified atom stereocenters. The third kappa shape index (κ3) is 3.43. The van der Waals surface area contributed by atoms with E-state index in [0.717, 1.165) is 18.4 Å². The summed E-state index contributed by atoms with van der Waals surface area (Å²) in [5, 5.41) is 0. The number of piperidine rings is 1. The lowest BCUT2D eigenvalue weighted by Crippen LogP contribution is -2.50. The zero-order chi connectivity index (χ0) is 23.3. The van der Waals surface area contributed by atoms with Crippen molar-refractivity contribution in [2.24, 2.45) is 5.41 Å². The van der Waals surface area contributed by atoms with Gasteiger partial charge in [0.15, 0.2) is 5.65 Å². The summed E-state index contributed by atoms with van der Waals surface area (Å²) < 4.78 is 1.77. The number of amides is 2. The minimum atomic E-state index is -0.870. The molecule has 34 heavy (non-hydrogen) atoms. The Morgan fingerprint density at radius 2 is 1.50 bits per heavy atom. The first-order chi connectivity index (χ1) is 16.6. The Hall–Kier alpha value is -3.42. The molecule has 0 atom stereocenters. The van der Waals surface area contributed by atoms with Crippen LogP contribution in [0.1, 0.15) is 42.9 Å². The Balaban J connectivity index is 1.13. The van der Waals surface area contributed by atoms with Crippen molar-refractivity contribution in [3.05, 3.63) is 64.2 Å². The molecule has 1 saturated heterocycles. The van der Waals surface area contributed by atoms with Crippen LogP contribution in [0, 0.1) is 5.41 Å². The highest BCUT2D eigenvalue weighted by Crippen LogP contribution is 2.49. The average Bonchev–Trinajstić information content (AvgIpc) is 3.64. The lowest BCUT2D eigenvalue weighted by atomic mass is 9.98. The number of H-pyrrole nitrogens is 1. The van der Waals surface area contributed by atoms with Gasteiger partial charge in [0.25, 0.3) is 0 Å². The van der Waals surface area contributed by atoms with Crippen molar-refractivity contribution in [2.45, 2.75) is 44.6 Å². The molecule has 1 saturated carbocycles. The van der Waals surface area contributed by atoms with Crippen LogP contribution in [-0.4, -0.2) is 62.3 Å². The number of carbonyl (C=O) groups excluding carboxylic acids is 2. The number of carbonyl (C=O) groups is 2. The number of nitrogens with zero attached hydrogens (tertiary/aromatic N) is 4. The van der Waals surface area contributed by atoms with Gasteiger partial charge in [-0.05, 0) is 61.8 Å². The van der Waals surface area contributed by atoms with E-state index in [1.165, 1.54) is 11.1 Å². The number of nitrogens with one attached hydrogen (secondary N) is 1. The fraction of sp³-hybridized carbons (Fsp3) is 0.462. The van der Waals surface area contributed by atoms with E-state index in [2.05, 4.69) is 22.1 Å². The number of benzene rings is 1. The second-order valence-corrected chi connectivity index (χ2v) is 9.84. The predicted molar refractivity (Wildman–Crippen MR) is 127 cm³/mol. The van der Waals surface area contributed by atoms with E-state index in [4.69, 9.17) is 0 Å². The van der Waals surface area contributed by atoms with Crippen molar-refractivity contribution in [1.82, 2.24) is 24.3 Å². The van der Waals surface area contributed by atoms with Gasteiger partial charge in [-0.3, -0.25) is 19.1 Å². The summed E-state index contributed by atoms with van der Waals surface area (Å²) in [6, 6.07) is 12.1. The Morgan fingerprint density at radius 3 is 2.12 bits per heavy atom. The molecule has 8 nitrogen and oxygen atoms in total. The molecule has 176 valence electrons. The Labute approximate surface area is 197 Å². The number of aromatic amines is 1. The van der Waals surface area contributed by atoms with Crippen molar-refractivity contribution in [1.29, 1.82) is 0 Å². The van der Waals surface area contributed by atoms with Crippen LogP contribution in [0.2, 0.25) is 0 Å². The Morgan fingerprint density at radius 1 is 0.882 bits per heavy atom. The highest BCUT2D eigenvalue weighted by molar-refractivity contribution is 6.08. The summed E-state index contributed by atoms with van der Waals surface area (Å²) in [4.78, 5) is 50.4. The molecule has 2 aromatic heterocycles. The van der Waals surface area contributed by atoms with E-state index in [0.29, 0.717) is 57.5 Å². The van der Waals surface area contributed by atoms with Crippen molar-refractivity contribution in [3.63, 3.8) is 0 Å². The third-order valence-electron chi connectivity index (χ3n) is 7.88. The first kappa shape index (κ1) is 21.1. The standard InChI is InChI=1S/C26H29N5O3/c32-23(29-14-7-18-4-1-2-5-19(18)8-15-29)26(11-12-26)24(33)30-16-9-20(10-17-30)31-21-6-3-13-27-22(21)28-25(31)34/h1-6,13,20H,7-12,14-17H2,(H,27,28,34). The molecule has 1 aliphatic carbocycles. The largest absolute Gasteiger partial charge is 0.342 e. The van der Waals surface area contributed by atoms with E-state index in [1.54, 1.807) is 10.8 Å². The molecule has 2 amide bonds. The number of aromatic nitrogens is 3. The topological polar surface area (TPSA) is 91.3 Å². The molecule has 1 N–H and O–H groups in total. The Kier molecular flexibility index (Phi) is 5.04. The molecule has 0 bridgehead atoms. The molecule has 8 heteroatoms. The normalized spacial score (nSPS) is 20.1. The van der Waals surface area contributed by atoms with Gasteiger partial charge < -0.3 is 9.80 Å². The molecule has 6 rings (SSSR count). The number of likely N-dealkylation sites (tertiary alicyclic amines) is 1. The first-order valence-electron chi connectivity index (χ1n) is 12.3. The molecular weight excluding hydrogens is 430 g/mol. The molecule has 4 heterocycles. The monoisotopic (exact) mass is 459 g/mol. The summed E-state index contributed by atoms with van der Waals surface area (Å²) in [5.41, 5.74) is 2.97. The molecule has 0 radical (unpaired) electrons. The zero-order valence-electron chi connectivity index (χ0n) is 19.2. The fourth-order valence-corrected chi connectivity index (χ4v) is 5.77. The first-order valence-corrected chi connectivity index (χ1v) is 12.3. The second-order valence-electron chi connectivity index (χ2n) is 9.84. The van der Waals surface area contributed by atoms with Gasteiger partial charge >= 0.3 is 5.69 Å². The van der Waals surface area contributed by atoms with Crippen LogP contribution in [0.5, 0.6) is 0 Å². The van der Waals surface area contributed by atoms with Crippen LogP contribution in [0.3, 0.4) is 0 Å². The van der Waals surface area contributed by atoms with E-state index in [-0.39, 0.29) is 23.5 Å². The van der Waals surface area contributed by atoms with Crippen molar-refractivity contribution < 1.29 is 9.59 Å². The number of imidazole rings is 1. The summed E-state index contributed by atoms with van der Waals surface area (Å²) in [6.07, 6.45) is 6.01. The van der Waals surface area contributed by atoms with Gasteiger partial charge in [0.1, 0.15) is 5.41 Å². The maximum atomic E-state index is 13.5. The summed E-state index contributed by atoms with van der Waals surface area (Å²) >= 11 is 0. The van der Waals surface area contributed by atoms with Crippen LogP contribution in [-0.2, 0) is 22.4 Å². The highest BCUT2D eigenvalue weighted by atomic mass is 16.2. The van der Waals surface area contributed by atoms with Gasteiger partial charge in [-0.2, -0.15) is 0 Å². The lowest BCUT2D eigenvalue weighted by Gasteiger charge is -2.35. The molecule has 2 fully saturated rings. The fourth-order valence-electron chi connectivity index (χ4n) is 5.77. The zero-order valence-corrected chi connectivity index (χ0v) is 19.2. The summed E-state index contributed by atoms with van der Waals surface area (Å²) in [5.74, 6) is -0.0167. The van der Waals surface area contributed by atoms with Crippen LogP contribution < -0.4 is 5.69 Å². The van der Waals surface area contributed by atoms with Gasteiger partial charge in [0.05, 0.1) is 5.52 Å². The molecule has 3 aromatic rings. The van der Waals surface area contributed by atoms with E-state index >= 15 is 0 Å². The molecular formula is C26H29N5O3. The van der Waals surface area contributed by atoms with Gasteiger partial charge in [-0.15, -0.1) is 0 Å². The van der Waals surface area contributed by atoms with Crippen molar-refractivity contribution >= 4 is 23.0 Å². The third-order valence-corrected chi connectivity index (χ3v) is 7.88. The molecule has 3 aliphatic rings. The van der Waals surface area contributed by atoms with Gasteiger partial charge in [0.2, 0.25) is 11.8 Å². The Bertz CT molecular complexity index is 1290. The van der Waals surface area contributed by atoms with E-state index in [1.807, 2.05) is 34.1 Å². The van der Waals surface area contributed by atoms with Crippen molar-refractivity contribution in [2.75, 3.05) is 26.2 Å². The van der Waals surface area contributed by atoms with Crippen LogP contribution >= 0.6 is 0 Å². The molecule has 0 spiro atoms. The van der Waals surface area contributed by atoms with E-state index < -0.39 is 5.41 Å². The van der Waals surface area contributed by atoms with Gasteiger partial charge in [-0.25, -0.2) is 9.78 Å². The maximum absolute atomic E-state index is 13.5. The average molecular weight is 460 g/mol. The number of fused-ring (bicyclic) bond motifs is 2. The minimum Gasteiger partial charge on any atom is -0.342 e. The maximum Gasteiger partial charge on any atom is 0.327 e. The number of rotatable bonds is 3. The van der Waals surface area contributed by atoms with Crippen LogP contribution in [0.15, 0.2) is 47.4 Å². The molecule has 1 aromatic carbocycles. The quantitative estimate of drug-likeness (QED) is 0.609. The second kappa shape index (κ2) is 8.11. The van der Waals surface area contributed by atoms with Crippen LogP contribution in [0.4, 0.5) is 0 Å². The number of hydrogen-bond donors (Lipinski definition) is 1. The number of pyridine rings is 1. The van der Waals surface area contributed by atoms with Crippen molar-refractivity contribution in [3.8, 4) is 0 Å². The summed E-state index contributed by atoms with van der Waals surface area (Å²) in [7, 11) is 0. The number of hydrogen-bond acceptors (Lipinski definition) is 4. The smallest absolute Gasteiger partial charge is 0.327 e. The SMILES string of the molecule is O=C(N1CCc2ccccc2CC1)C1(C(=O)N2CCC(n3c(=O)[nH]c4ncccc43)CC2)CC1. The van der Waals surface area contributed by atoms with Gasteiger partial charge in [-0.1, -0.05) is 24.3 Å². The lowest BCUT2D eigenvalue weighted by molar-refractivity contribution is -0.150. The molecule has 2 aliphatic heterocycles. The minimum absolute atomic E-state index is 0.00588. The van der Waals surface area contributed by atoms with Gasteiger partial charge in [0, 0.05) is 38.4 Å². The highest BCUT2D eigenvalue weighted by Gasteiger charge is 2.59. The predicted octanol–water partition coefficient (Wildman–Crippen LogP) is 2.30. The summed E-state index contributed by atoms with van der Waals surface area (Å²) in [6.45, 7) is 2.46. The van der Waals surface area contributed by atoms with Crippen LogP contribution in [0.25, 0.3) is 11.2 Å². The van der Waals surface area contributed by atoms with E-state index in [9.17, 15) is 14.4 Å².